The average Bonchev–Trinajstić information content (AvgIpc) is 3.36. The Bertz CT molecular complexity index is 1250. The standard InChI is InChI=1S/C28H33FN6O3/c1-5-31-26(19-21(2)37-3)34(18-15-30-20-36)16-6-17-35-28(23-7-11-24(29)12-8-23)32-27(33-35)22-9-13-25(38-4)14-10-22/h5,7-14,19-20H,2,6,15-18H2,1,3-4H3,(H,30,36)/b26-19+,31-5-. The van der Waals surface area contributed by atoms with Crippen LogP contribution in [0.15, 0.2) is 77.8 Å². The van der Waals surface area contributed by atoms with E-state index < -0.39 is 0 Å². The zero-order valence-electron chi connectivity index (χ0n) is 21.9. The summed E-state index contributed by atoms with van der Waals surface area (Å²) in [6, 6.07) is 13.7. The molecular weight excluding hydrogens is 487 g/mol. The van der Waals surface area contributed by atoms with E-state index in [1.165, 1.54) is 12.1 Å². The summed E-state index contributed by atoms with van der Waals surface area (Å²) in [4.78, 5) is 22.1. The number of halogens is 1. The third kappa shape index (κ3) is 7.76. The first-order valence-electron chi connectivity index (χ1n) is 12.2. The first-order chi connectivity index (χ1) is 18.5. The lowest BCUT2D eigenvalue weighted by Crippen LogP contribution is -2.32. The van der Waals surface area contributed by atoms with Crippen molar-refractivity contribution in [1.29, 1.82) is 0 Å². The van der Waals surface area contributed by atoms with Crippen molar-refractivity contribution >= 4 is 12.6 Å². The number of hydrogen-bond acceptors (Lipinski definition) is 7. The maximum atomic E-state index is 13.6. The van der Waals surface area contributed by atoms with E-state index in [9.17, 15) is 9.18 Å². The molecule has 0 bridgehead atoms. The third-order valence-electron chi connectivity index (χ3n) is 5.67. The Morgan fingerprint density at radius 1 is 1.13 bits per heavy atom. The number of aromatic nitrogens is 3. The van der Waals surface area contributed by atoms with Gasteiger partial charge in [-0.05, 0) is 61.9 Å². The molecule has 0 spiro atoms. The van der Waals surface area contributed by atoms with Gasteiger partial charge in [0, 0.05) is 49.6 Å². The van der Waals surface area contributed by atoms with Crippen molar-refractivity contribution in [1.82, 2.24) is 25.0 Å². The van der Waals surface area contributed by atoms with Crippen LogP contribution in [0.5, 0.6) is 5.75 Å². The maximum Gasteiger partial charge on any atom is 0.207 e. The minimum absolute atomic E-state index is 0.316. The Hall–Kier alpha value is -4.47. The summed E-state index contributed by atoms with van der Waals surface area (Å²) in [5.41, 5.74) is 1.60. The van der Waals surface area contributed by atoms with Crippen molar-refractivity contribution in [2.75, 3.05) is 33.9 Å². The number of carbonyl (C=O) groups excluding carboxylic acids is 1. The van der Waals surface area contributed by atoms with Crippen LogP contribution in [0.1, 0.15) is 13.3 Å². The van der Waals surface area contributed by atoms with Gasteiger partial charge in [0.25, 0.3) is 0 Å². The highest BCUT2D eigenvalue weighted by Gasteiger charge is 2.15. The van der Waals surface area contributed by atoms with Crippen LogP contribution in [-0.2, 0) is 16.1 Å². The lowest BCUT2D eigenvalue weighted by molar-refractivity contribution is -0.109. The van der Waals surface area contributed by atoms with Gasteiger partial charge in [0.2, 0.25) is 6.41 Å². The molecule has 0 aliphatic carbocycles. The zero-order valence-corrected chi connectivity index (χ0v) is 21.9. The summed E-state index contributed by atoms with van der Waals surface area (Å²) in [6.45, 7) is 7.84. The van der Waals surface area contributed by atoms with Crippen LogP contribution < -0.4 is 10.1 Å². The minimum atomic E-state index is -0.316. The van der Waals surface area contributed by atoms with Crippen LogP contribution in [0, 0.1) is 5.82 Å². The Morgan fingerprint density at radius 3 is 2.47 bits per heavy atom. The highest BCUT2D eigenvalue weighted by molar-refractivity contribution is 5.62. The molecule has 0 unspecified atom stereocenters. The van der Waals surface area contributed by atoms with Crippen molar-refractivity contribution in [3.05, 3.63) is 78.6 Å². The van der Waals surface area contributed by atoms with Gasteiger partial charge >= 0.3 is 0 Å². The molecule has 38 heavy (non-hydrogen) atoms. The molecule has 0 atom stereocenters. The lowest BCUT2D eigenvalue weighted by atomic mass is 10.2. The molecule has 0 saturated heterocycles. The monoisotopic (exact) mass is 520 g/mol. The van der Waals surface area contributed by atoms with Gasteiger partial charge in [-0.2, -0.15) is 5.10 Å². The fourth-order valence-corrected chi connectivity index (χ4v) is 3.73. The number of benzene rings is 2. The summed E-state index contributed by atoms with van der Waals surface area (Å²) in [5.74, 6) is 2.77. The second-order valence-electron chi connectivity index (χ2n) is 8.19. The number of nitrogens with zero attached hydrogens (tertiary/aromatic N) is 5. The molecule has 1 N–H and O–H groups in total. The molecule has 3 aromatic rings. The van der Waals surface area contributed by atoms with Crippen LogP contribution in [0.4, 0.5) is 4.39 Å². The van der Waals surface area contributed by atoms with Crippen LogP contribution in [-0.4, -0.2) is 66.1 Å². The Kier molecular flexibility index (Phi) is 10.6. The van der Waals surface area contributed by atoms with E-state index in [2.05, 4.69) is 16.9 Å². The second kappa shape index (κ2) is 14.3. The highest BCUT2D eigenvalue weighted by atomic mass is 19.1. The molecule has 1 amide bonds. The maximum absolute atomic E-state index is 13.6. The van der Waals surface area contributed by atoms with Gasteiger partial charge < -0.3 is 19.7 Å². The van der Waals surface area contributed by atoms with Crippen LogP contribution in [0.3, 0.4) is 0 Å². The summed E-state index contributed by atoms with van der Waals surface area (Å²) in [7, 11) is 3.16. The van der Waals surface area contributed by atoms with Crippen molar-refractivity contribution in [3.8, 4) is 28.5 Å². The fraction of sp³-hybridized carbons (Fsp3) is 0.286. The van der Waals surface area contributed by atoms with Crippen LogP contribution >= 0.6 is 0 Å². The predicted molar refractivity (Wildman–Crippen MR) is 146 cm³/mol. The van der Waals surface area contributed by atoms with E-state index in [1.807, 2.05) is 40.8 Å². The first-order valence-corrected chi connectivity index (χ1v) is 12.2. The van der Waals surface area contributed by atoms with Crippen molar-refractivity contribution in [2.45, 2.75) is 19.9 Å². The molecule has 0 radical (unpaired) electrons. The number of rotatable bonds is 15. The van der Waals surface area contributed by atoms with Gasteiger partial charge in [-0.25, -0.2) is 19.0 Å². The lowest BCUT2D eigenvalue weighted by Gasteiger charge is -2.25. The van der Waals surface area contributed by atoms with Gasteiger partial charge in [-0.3, -0.25) is 4.79 Å². The Labute approximate surface area is 222 Å². The zero-order chi connectivity index (χ0) is 27.3. The quantitative estimate of drug-likeness (QED) is 0.106. The molecule has 2 aromatic carbocycles. The van der Waals surface area contributed by atoms with Gasteiger partial charge in [0.05, 0.1) is 14.2 Å². The molecule has 0 aliphatic rings. The van der Waals surface area contributed by atoms with Crippen LogP contribution in [0.25, 0.3) is 22.8 Å². The van der Waals surface area contributed by atoms with Crippen LogP contribution in [0.2, 0.25) is 0 Å². The van der Waals surface area contributed by atoms with E-state index >= 15 is 0 Å². The summed E-state index contributed by atoms with van der Waals surface area (Å²) in [6.07, 6.45) is 4.81. The minimum Gasteiger partial charge on any atom is -0.497 e. The van der Waals surface area contributed by atoms with Gasteiger partial charge in [-0.1, -0.05) is 6.58 Å². The molecule has 0 fully saturated rings. The summed E-state index contributed by atoms with van der Waals surface area (Å²) < 4.78 is 25.9. The van der Waals surface area contributed by atoms with E-state index in [-0.39, 0.29) is 5.82 Å². The third-order valence-corrected chi connectivity index (χ3v) is 5.67. The van der Waals surface area contributed by atoms with Crippen molar-refractivity contribution in [2.24, 2.45) is 4.99 Å². The number of allylic oxidation sites excluding steroid dienone is 1. The van der Waals surface area contributed by atoms with E-state index in [1.54, 1.807) is 38.6 Å². The number of nitrogens with one attached hydrogen (secondary N) is 1. The molecule has 1 heterocycles. The van der Waals surface area contributed by atoms with Crippen molar-refractivity contribution in [3.63, 3.8) is 0 Å². The molecular formula is C28H33FN6O3. The Balaban J connectivity index is 1.86. The highest BCUT2D eigenvalue weighted by Crippen LogP contribution is 2.25. The Morgan fingerprint density at radius 2 is 1.84 bits per heavy atom. The number of aliphatic imine (C=N–C) groups is 1. The van der Waals surface area contributed by atoms with E-state index in [0.717, 1.165) is 16.9 Å². The molecule has 1 aromatic heterocycles. The van der Waals surface area contributed by atoms with E-state index in [4.69, 9.17) is 19.6 Å². The van der Waals surface area contributed by atoms with Gasteiger partial charge in [0.15, 0.2) is 11.6 Å². The molecule has 0 aliphatic heterocycles. The second-order valence-corrected chi connectivity index (χ2v) is 8.19. The summed E-state index contributed by atoms with van der Waals surface area (Å²) in [5, 5.41) is 7.46. The smallest absolute Gasteiger partial charge is 0.207 e. The van der Waals surface area contributed by atoms with Gasteiger partial charge in [0.1, 0.15) is 23.1 Å². The fourth-order valence-electron chi connectivity index (χ4n) is 3.73. The molecule has 9 nitrogen and oxygen atoms in total. The number of methoxy groups -OCH3 is 2. The van der Waals surface area contributed by atoms with Gasteiger partial charge in [-0.15, -0.1) is 0 Å². The number of ether oxygens (including phenoxy) is 2. The largest absolute Gasteiger partial charge is 0.497 e. The van der Waals surface area contributed by atoms with Crippen molar-refractivity contribution < 1.29 is 18.7 Å². The number of carbonyl (C=O) groups is 1. The SMILES string of the molecule is C=C(/C=C(\N=C/C)N(CCCn1nc(-c2ccc(OC)cc2)nc1-c1ccc(F)cc1)CCNC=O)OC. The normalized spacial score (nSPS) is 11.4. The topological polar surface area (TPSA) is 93.9 Å². The molecule has 200 valence electrons. The number of hydrogen-bond donors (Lipinski definition) is 1. The molecule has 0 saturated carbocycles. The number of amides is 1. The number of aryl methyl sites for hydroxylation is 1. The summed E-state index contributed by atoms with van der Waals surface area (Å²) >= 11 is 0. The predicted octanol–water partition coefficient (Wildman–Crippen LogP) is 4.29. The molecule has 10 heteroatoms. The van der Waals surface area contributed by atoms with E-state index in [0.29, 0.717) is 62.2 Å². The first kappa shape index (κ1) is 28.1. The average molecular weight is 521 g/mol. The molecule has 3 rings (SSSR count).